The maximum atomic E-state index is 12.1. The van der Waals surface area contributed by atoms with Gasteiger partial charge in [-0.15, -0.1) is 0 Å². The van der Waals surface area contributed by atoms with Crippen LogP contribution in [0.15, 0.2) is 24.3 Å². The largest absolute Gasteiger partial charge is 0.392 e. The predicted molar refractivity (Wildman–Crippen MR) is 45.3 cm³/mol. The smallest absolute Gasteiger partial charge is 0.109 e. The summed E-state index contributed by atoms with van der Waals surface area (Å²) in [5, 5.41) is 8.72. The van der Waals surface area contributed by atoms with Crippen LogP contribution in [0.3, 0.4) is 0 Å². The van der Waals surface area contributed by atoms with Crippen molar-refractivity contribution in [1.29, 1.82) is 0 Å². The van der Waals surface area contributed by atoms with Crippen molar-refractivity contribution in [2.75, 3.05) is 6.67 Å². The number of alkyl halides is 1. The number of hydrogen-bond acceptors (Lipinski definition) is 2. The molecule has 2 nitrogen and oxygen atoms in total. The van der Waals surface area contributed by atoms with E-state index in [0.29, 0.717) is 0 Å². The second kappa shape index (κ2) is 4.18. The molecule has 3 N–H and O–H groups in total. The Labute approximate surface area is 70.8 Å². The standard InChI is InChI=1S/C9H12FNO/c10-5-9(11)8-3-1-7(6-12)2-4-8/h1-4,9,12H,5-6,11H2. The lowest BCUT2D eigenvalue weighted by atomic mass is 10.1. The molecule has 0 aliphatic carbocycles. The van der Waals surface area contributed by atoms with Crippen LogP contribution in [-0.4, -0.2) is 11.8 Å². The van der Waals surface area contributed by atoms with E-state index in [4.69, 9.17) is 10.8 Å². The Kier molecular flexibility index (Phi) is 3.19. The zero-order valence-corrected chi connectivity index (χ0v) is 6.70. The maximum Gasteiger partial charge on any atom is 0.109 e. The first-order valence-corrected chi connectivity index (χ1v) is 3.79. The van der Waals surface area contributed by atoms with E-state index in [9.17, 15) is 4.39 Å². The topological polar surface area (TPSA) is 46.2 Å². The fourth-order valence-corrected chi connectivity index (χ4v) is 0.959. The van der Waals surface area contributed by atoms with Crippen molar-refractivity contribution in [3.8, 4) is 0 Å². The van der Waals surface area contributed by atoms with Gasteiger partial charge in [0.05, 0.1) is 12.6 Å². The Morgan fingerprint density at radius 2 is 1.92 bits per heavy atom. The van der Waals surface area contributed by atoms with E-state index in [1.54, 1.807) is 24.3 Å². The van der Waals surface area contributed by atoms with Crippen LogP contribution in [0.25, 0.3) is 0 Å². The second-order valence-electron chi connectivity index (χ2n) is 2.66. The molecule has 0 radical (unpaired) electrons. The summed E-state index contributed by atoms with van der Waals surface area (Å²) in [5.74, 6) is 0. The van der Waals surface area contributed by atoms with Gasteiger partial charge in [0.2, 0.25) is 0 Å². The summed E-state index contributed by atoms with van der Waals surface area (Å²) in [6.07, 6.45) is 0. The SMILES string of the molecule is NC(CF)c1ccc(CO)cc1. The number of rotatable bonds is 3. The third kappa shape index (κ3) is 2.03. The van der Waals surface area contributed by atoms with E-state index < -0.39 is 12.7 Å². The zero-order valence-electron chi connectivity index (χ0n) is 6.70. The van der Waals surface area contributed by atoms with Gasteiger partial charge in [0, 0.05) is 0 Å². The maximum absolute atomic E-state index is 12.1. The number of aliphatic hydroxyl groups excluding tert-OH is 1. The predicted octanol–water partition coefficient (Wildman–Crippen LogP) is 1.15. The quantitative estimate of drug-likeness (QED) is 0.713. The first kappa shape index (κ1) is 9.16. The molecule has 0 aliphatic rings. The molecule has 1 unspecified atom stereocenters. The summed E-state index contributed by atoms with van der Waals surface area (Å²) in [7, 11) is 0. The lowest BCUT2D eigenvalue weighted by Crippen LogP contribution is -2.11. The number of nitrogens with two attached hydrogens (primary N) is 1. The minimum atomic E-state index is -0.557. The van der Waals surface area contributed by atoms with Gasteiger partial charge in [0.15, 0.2) is 0 Å². The van der Waals surface area contributed by atoms with Crippen LogP contribution in [-0.2, 0) is 6.61 Å². The molecule has 0 amide bonds. The van der Waals surface area contributed by atoms with Crippen LogP contribution >= 0.6 is 0 Å². The van der Waals surface area contributed by atoms with Crippen LogP contribution in [0.2, 0.25) is 0 Å². The minimum Gasteiger partial charge on any atom is -0.392 e. The third-order valence-corrected chi connectivity index (χ3v) is 1.76. The highest BCUT2D eigenvalue weighted by atomic mass is 19.1. The molecule has 66 valence electrons. The Bertz CT molecular complexity index is 235. The molecule has 1 aromatic rings. The van der Waals surface area contributed by atoms with Crippen molar-refractivity contribution in [3.63, 3.8) is 0 Å². The summed E-state index contributed by atoms with van der Waals surface area (Å²) in [6.45, 7) is -0.552. The highest BCUT2D eigenvalue weighted by molar-refractivity contribution is 5.24. The number of halogens is 1. The molecule has 0 heterocycles. The molecule has 1 rings (SSSR count). The highest BCUT2D eigenvalue weighted by Gasteiger charge is 2.03. The number of hydrogen-bond donors (Lipinski definition) is 2. The Hall–Kier alpha value is -0.930. The second-order valence-corrected chi connectivity index (χ2v) is 2.66. The van der Waals surface area contributed by atoms with Crippen LogP contribution in [0, 0.1) is 0 Å². The van der Waals surface area contributed by atoms with Crippen LogP contribution in [0.1, 0.15) is 17.2 Å². The van der Waals surface area contributed by atoms with Crippen molar-refractivity contribution in [3.05, 3.63) is 35.4 Å². The molecule has 1 aromatic carbocycles. The monoisotopic (exact) mass is 169 g/mol. The molecule has 3 heteroatoms. The summed E-state index contributed by atoms with van der Waals surface area (Å²) in [4.78, 5) is 0. The first-order valence-electron chi connectivity index (χ1n) is 3.79. The fourth-order valence-electron chi connectivity index (χ4n) is 0.959. The lowest BCUT2D eigenvalue weighted by Gasteiger charge is -2.07. The van der Waals surface area contributed by atoms with Crippen molar-refractivity contribution in [2.45, 2.75) is 12.6 Å². The van der Waals surface area contributed by atoms with E-state index in [1.807, 2.05) is 0 Å². The zero-order chi connectivity index (χ0) is 8.97. The molecule has 0 saturated heterocycles. The van der Waals surface area contributed by atoms with E-state index in [2.05, 4.69) is 0 Å². The van der Waals surface area contributed by atoms with E-state index in [0.717, 1.165) is 11.1 Å². The molecule has 0 spiro atoms. The van der Waals surface area contributed by atoms with Crippen LogP contribution in [0.4, 0.5) is 4.39 Å². The van der Waals surface area contributed by atoms with Gasteiger partial charge in [-0.3, -0.25) is 0 Å². The Morgan fingerprint density at radius 3 is 2.33 bits per heavy atom. The van der Waals surface area contributed by atoms with Gasteiger partial charge in [-0.2, -0.15) is 0 Å². The number of benzene rings is 1. The average molecular weight is 169 g/mol. The average Bonchev–Trinajstić information content (AvgIpc) is 2.17. The fraction of sp³-hybridized carbons (Fsp3) is 0.333. The summed E-state index contributed by atoms with van der Waals surface area (Å²) < 4.78 is 12.1. The van der Waals surface area contributed by atoms with Gasteiger partial charge in [-0.1, -0.05) is 24.3 Å². The number of aliphatic hydroxyl groups is 1. The Balaban J connectivity index is 2.77. The van der Waals surface area contributed by atoms with E-state index in [-0.39, 0.29) is 6.61 Å². The molecule has 0 fully saturated rings. The summed E-state index contributed by atoms with van der Waals surface area (Å²) in [6, 6.07) is 6.40. The molecule has 1 atom stereocenters. The van der Waals surface area contributed by atoms with Crippen LogP contribution in [0.5, 0.6) is 0 Å². The molecule has 0 bridgehead atoms. The Morgan fingerprint density at radius 1 is 1.33 bits per heavy atom. The molecular weight excluding hydrogens is 157 g/mol. The highest BCUT2D eigenvalue weighted by Crippen LogP contribution is 2.11. The molecule has 0 aliphatic heterocycles. The third-order valence-electron chi connectivity index (χ3n) is 1.76. The van der Waals surface area contributed by atoms with Crippen molar-refractivity contribution in [2.24, 2.45) is 5.73 Å². The van der Waals surface area contributed by atoms with Crippen molar-refractivity contribution >= 4 is 0 Å². The van der Waals surface area contributed by atoms with Crippen molar-refractivity contribution < 1.29 is 9.50 Å². The normalized spacial score (nSPS) is 12.9. The van der Waals surface area contributed by atoms with Gasteiger partial charge in [0.25, 0.3) is 0 Å². The molecule has 0 saturated carbocycles. The molecular formula is C9H12FNO. The first-order chi connectivity index (χ1) is 5.77. The van der Waals surface area contributed by atoms with Gasteiger partial charge in [-0.25, -0.2) is 4.39 Å². The lowest BCUT2D eigenvalue weighted by molar-refractivity contribution is 0.282. The van der Waals surface area contributed by atoms with E-state index in [1.165, 1.54) is 0 Å². The van der Waals surface area contributed by atoms with Crippen molar-refractivity contribution in [1.82, 2.24) is 0 Å². The molecule has 0 aromatic heterocycles. The minimum absolute atomic E-state index is 0.00510. The van der Waals surface area contributed by atoms with Gasteiger partial charge < -0.3 is 10.8 Å². The molecule has 12 heavy (non-hydrogen) atoms. The van der Waals surface area contributed by atoms with Crippen LogP contribution < -0.4 is 5.73 Å². The van der Waals surface area contributed by atoms with Gasteiger partial charge in [0.1, 0.15) is 6.67 Å². The summed E-state index contributed by atoms with van der Waals surface area (Å²) in [5.41, 5.74) is 7.02. The van der Waals surface area contributed by atoms with E-state index >= 15 is 0 Å². The van der Waals surface area contributed by atoms with Gasteiger partial charge >= 0.3 is 0 Å². The summed E-state index contributed by atoms with van der Waals surface area (Å²) >= 11 is 0. The van der Waals surface area contributed by atoms with Gasteiger partial charge in [-0.05, 0) is 11.1 Å².